The van der Waals surface area contributed by atoms with E-state index in [2.05, 4.69) is 4.90 Å². The molecular weight excluding hydrogens is 364 g/mol. The predicted molar refractivity (Wildman–Crippen MR) is 114 cm³/mol. The summed E-state index contributed by atoms with van der Waals surface area (Å²) >= 11 is 0. The molecule has 2 fully saturated rings. The summed E-state index contributed by atoms with van der Waals surface area (Å²) < 4.78 is 0. The molecule has 5 heteroatoms. The third-order valence-electron chi connectivity index (χ3n) is 6.42. The van der Waals surface area contributed by atoms with Crippen LogP contribution in [0.25, 0.3) is 0 Å². The number of piperidine rings is 1. The fraction of sp³-hybridized carbons (Fsp3) is 0.458. The van der Waals surface area contributed by atoms with Crippen molar-refractivity contribution >= 4 is 11.6 Å². The molecule has 1 amide bonds. The number of rotatable bonds is 5. The number of benzene rings is 2. The molecule has 0 unspecified atom stereocenters. The Kier molecular flexibility index (Phi) is 5.72. The van der Waals surface area contributed by atoms with Gasteiger partial charge in [0, 0.05) is 38.3 Å². The van der Waals surface area contributed by atoms with Gasteiger partial charge >= 0.3 is 0 Å². The zero-order valence-corrected chi connectivity index (χ0v) is 17.1. The summed E-state index contributed by atoms with van der Waals surface area (Å²) in [6, 6.07) is 15.7. The number of carbonyl (C=O) groups is 1. The molecule has 0 spiro atoms. The molecule has 2 heterocycles. The smallest absolute Gasteiger partial charge is 0.227 e. The summed E-state index contributed by atoms with van der Waals surface area (Å²) in [6.07, 6.45) is 2.28. The topological polar surface area (TPSA) is 64.0 Å². The molecule has 0 aliphatic carbocycles. The van der Waals surface area contributed by atoms with E-state index >= 15 is 0 Å². The molecule has 0 saturated carbocycles. The molecule has 5 nitrogen and oxygen atoms in total. The third-order valence-corrected chi connectivity index (χ3v) is 6.42. The van der Waals surface area contributed by atoms with E-state index in [1.165, 1.54) is 0 Å². The fourth-order valence-corrected chi connectivity index (χ4v) is 4.62. The second-order valence-corrected chi connectivity index (χ2v) is 8.40. The van der Waals surface area contributed by atoms with Crippen molar-refractivity contribution < 1.29 is 15.0 Å². The lowest BCUT2D eigenvalue weighted by Crippen LogP contribution is -2.44. The number of nitrogens with zero attached hydrogens (tertiary/aromatic N) is 2. The van der Waals surface area contributed by atoms with Crippen LogP contribution in [0.15, 0.2) is 48.5 Å². The van der Waals surface area contributed by atoms with Crippen LogP contribution in [-0.2, 0) is 10.4 Å². The first-order valence-electron chi connectivity index (χ1n) is 10.6. The molecule has 29 heavy (non-hydrogen) atoms. The fourth-order valence-electron chi connectivity index (χ4n) is 4.62. The number of amides is 1. The standard InChI is InChI=1S/C24H30N2O3/c1-18-5-2-3-6-21(18)24(29)12-15-25(16-13-24)17-22(27)19-8-10-20(11-9-19)26-14-4-7-23(26)28/h2-3,5-6,8-11,22,27,29H,4,7,12-17H2,1H3/t22-/m0/s1. The number of aliphatic hydroxyl groups excluding tert-OH is 1. The Bertz CT molecular complexity index is 857. The number of β-amino-alcohol motifs (C(OH)–C–C–N with tert-alkyl or cyclic N) is 1. The minimum atomic E-state index is -0.781. The molecule has 154 valence electrons. The summed E-state index contributed by atoms with van der Waals surface area (Å²) in [7, 11) is 0. The Morgan fingerprint density at radius 3 is 2.34 bits per heavy atom. The van der Waals surface area contributed by atoms with Gasteiger partial charge in [-0.3, -0.25) is 4.79 Å². The molecule has 2 N–H and O–H groups in total. The van der Waals surface area contributed by atoms with Crippen molar-refractivity contribution in [3.8, 4) is 0 Å². The van der Waals surface area contributed by atoms with E-state index in [4.69, 9.17) is 0 Å². The van der Waals surface area contributed by atoms with Crippen molar-refractivity contribution in [1.29, 1.82) is 0 Å². The molecule has 0 aromatic heterocycles. The van der Waals surface area contributed by atoms with E-state index in [0.29, 0.717) is 25.8 Å². The normalized spacial score (nSPS) is 20.8. The maximum absolute atomic E-state index is 11.9. The molecule has 2 aromatic rings. The Morgan fingerprint density at radius 1 is 1.03 bits per heavy atom. The van der Waals surface area contributed by atoms with Gasteiger partial charge in [-0.25, -0.2) is 0 Å². The number of hydrogen-bond acceptors (Lipinski definition) is 4. The van der Waals surface area contributed by atoms with Gasteiger partial charge in [0.05, 0.1) is 11.7 Å². The number of likely N-dealkylation sites (tertiary alicyclic amines) is 1. The van der Waals surface area contributed by atoms with E-state index in [9.17, 15) is 15.0 Å². The van der Waals surface area contributed by atoms with Crippen LogP contribution in [0.5, 0.6) is 0 Å². The molecule has 4 rings (SSSR count). The summed E-state index contributed by atoms with van der Waals surface area (Å²) in [5, 5.41) is 21.8. The highest BCUT2D eigenvalue weighted by Gasteiger charge is 2.35. The van der Waals surface area contributed by atoms with Crippen LogP contribution in [0.4, 0.5) is 5.69 Å². The lowest BCUT2D eigenvalue weighted by Gasteiger charge is -2.39. The Morgan fingerprint density at radius 2 is 1.72 bits per heavy atom. The quantitative estimate of drug-likeness (QED) is 0.818. The third kappa shape index (κ3) is 4.22. The van der Waals surface area contributed by atoms with E-state index < -0.39 is 11.7 Å². The van der Waals surface area contributed by atoms with Crippen molar-refractivity contribution in [3.63, 3.8) is 0 Å². The van der Waals surface area contributed by atoms with Gasteiger partial charge in [-0.1, -0.05) is 36.4 Å². The predicted octanol–water partition coefficient (Wildman–Crippen LogP) is 3.14. The molecular formula is C24H30N2O3. The van der Waals surface area contributed by atoms with Gasteiger partial charge in [0.15, 0.2) is 0 Å². The number of carbonyl (C=O) groups excluding carboxylic acids is 1. The average Bonchev–Trinajstić information content (AvgIpc) is 3.16. The Labute approximate surface area is 172 Å². The van der Waals surface area contributed by atoms with Crippen LogP contribution in [0.3, 0.4) is 0 Å². The van der Waals surface area contributed by atoms with E-state index in [-0.39, 0.29) is 5.91 Å². The highest BCUT2D eigenvalue weighted by atomic mass is 16.3. The van der Waals surface area contributed by atoms with Crippen molar-refractivity contribution in [3.05, 3.63) is 65.2 Å². The van der Waals surface area contributed by atoms with Crippen LogP contribution in [0.2, 0.25) is 0 Å². The van der Waals surface area contributed by atoms with E-state index in [1.807, 2.05) is 60.4 Å². The average molecular weight is 395 g/mol. The first-order valence-corrected chi connectivity index (χ1v) is 10.6. The second-order valence-electron chi connectivity index (χ2n) is 8.40. The van der Waals surface area contributed by atoms with Gasteiger partial charge < -0.3 is 20.0 Å². The molecule has 0 radical (unpaired) electrons. The lowest BCUT2D eigenvalue weighted by molar-refractivity contribution is -0.117. The molecule has 2 aromatic carbocycles. The highest BCUT2D eigenvalue weighted by molar-refractivity contribution is 5.95. The molecule has 0 bridgehead atoms. The number of anilines is 1. The zero-order chi connectivity index (χ0) is 20.4. The molecule has 1 atom stereocenters. The van der Waals surface area contributed by atoms with E-state index in [1.54, 1.807) is 0 Å². The van der Waals surface area contributed by atoms with Crippen LogP contribution in [0, 0.1) is 6.92 Å². The SMILES string of the molecule is Cc1ccccc1C1(O)CCN(C[C@H](O)c2ccc(N3CCCC3=O)cc2)CC1. The Hall–Kier alpha value is -2.21. The van der Waals surface area contributed by atoms with Gasteiger partial charge in [-0.05, 0) is 55.0 Å². The van der Waals surface area contributed by atoms with Crippen molar-refractivity contribution in [1.82, 2.24) is 4.90 Å². The summed E-state index contributed by atoms with van der Waals surface area (Å²) in [4.78, 5) is 15.9. The summed E-state index contributed by atoms with van der Waals surface area (Å²) in [6.45, 7) is 4.87. The van der Waals surface area contributed by atoms with Gasteiger partial charge in [-0.2, -0.15) is 0 Å². The lowest BCUT2D eigenvalue weighted by atomic mass is 9.82. The minimum absolute atomic E-state index is 0.174. The molecule has 2 aliphatic rings. The maximum atomic E-state index is 11.9. The van der Waals surface area contributed by atoms with E-state index in [0.717, 1.165) is 48.4 Å². The van der Waals surface area contributed by atoms with Crippen LogP contribution in [0.1, 0.15) is 48.5 Å². The number of hydrogen-bond donors (Lipinski definition) is 2. The monoisotopic (exact) mass is 394 g/mol. The van der Waals surface area contributed by atoms with Gasteiger partial charge in [-0.15, -0.1) is 0 Å². The van der Waals surface area contributed by atoms with Crippen molar-refractivity contribution in [2.24, 2.45) is 0 Å². The van der Waals surface area contributed by atoms with Gasteiger partial charge in [0.1, 0.15) is 0 Å². The molecule has 2 aliphatic heterocycles. The first-order chi connectivity index (χ1) is 14.0. The summed E-state index contributed by atoms with van der Waals surface area (Å²) in [5.74, 6) is 0.174. The largest absolute Gasteiger partial charge is 0.387 e. The van der Waals surface area contributed by atoms with Crippen LogP contribution < -0.4 is 4.90 Å². The number of aryl methyl sites for hydroxylation is 1. The number of aliphatic hydroxyl groups is 2. The van der Waals surface area contributed by atoms with Crippen molar-refractivity contribution in [2.45, 2.75) is 44.3 Å². The van der Waals surface area contributed by atoms with Crippen molar-refractivity contribution in [2.75, 3.05) is 31.1 Å². The second kappa shape index (κ2) is 8.27. The van der Waals surface area contributed by atoms with Crippen LogP contribution >= 0.6 is 0 Å². The minimum Gasteiger partial charge on any atom is -0.387 e. The van der Waals surface area contributed by atoms with Gasteiger partial charge in [0.2, 0.25) is 5.91 Å². The summed E-state index contributed by atoms with van der Waals surface area (Å²) in [5.41, 5.74) is 3.13. The van der Waals surface area contributed by atoms with Crippen LogP contribution in [-0.4, -0.2) is 47.2 Å². The zero-order valence-electron chi connectivity index (χ0n) is 17.1. The Balaban J connectivity index is 1.34. The maximum Gasteiger partial charge on any atom is 0.227 e. The first kappa shape index (κ1) is 20.1. The van der Waals surface area contributed by atoms with Gasteiger partial charge in [0.25, 0.3) is 0 Å². The highest BCUT2D eigenvalue weighted by Crippen LogP contribution is 2.35. The molecule has 2 saturated heterocycles.